The van der Waals surface area contributed by atoms with E-state index in [1.54, 1.807) is 24.3 Å². The minimum atomic E-state index is -0.751. The van der Waals surface area contributed by atoms with Crippen LogP contribution >= 0.6 is 11.3 Å². The number of methoxy groups -OCH3 is 1. The van der Waals surface area contributed by atoms with Crippen LogP contribution in [0.3, 0.4) is 0 Å². The van der Waals surface area contributed by atoms with Crippen molar-refractivity contribution in [1.82, 2.24) is 14.9 Å². The van der Waals surface area contributed by atoms with Crippen molar-refractivity contribution in [2.75, 3.05) is 7.11 Å². The summed E-state index contributed by atoms with van der Waals surface area (Å²) in [5.74, 6) is -1.00. The smallest absolute Gasteiger partial charge is 0.273 e. The van der Waals surface area contributed by atoms with Gasteiger partial charge in [-0.25, -0.2) is 9.37 Å². The molecule has 0 spiro atoms. The van der Waals surface area contributed by atoms with Crippen LogP contribution in [-0.4, -0.2) is 27.7 Å². The third kappa shape index (κ3) is 3.50. The Kier molecular flexibility index (Phi) is 5.20. The third-order valence-corrected chi connectivity index (χ3v) is 5.36. The van der Waals surface area contributed by atoms with Gasteiger partial charge < -0.3 is 15.2 Å². The van der Waals surface area contributed by atoms with Crippen LogP contribution in [0, 0.1) is 5.82 Å². The molecule has 2 aromatic carbocycles. The molecule has 4 aromatic rings. The Hall–Kier alpha value is -3.72. The second kappa shape index (κ2) is 7.96. The van der Waals surface area contributed by atoms with E-state index in [9.17, 15) is 19.1 Å². The number of hydrogen-bond donors (Lipinski definition) is 2. The molecule has 9 heteroatoms. The van der Waals surface area contributed by atoms with Gasteiger partial charge in [-0.2, -0.15) is 0 Å². The highest BCUT2D eigenvalue weighted by molar-refractivity contribution is 7.16. The van der Waals surface area contributed by atoms with Crippen LogP contribution < -0.4 is 15.6 Å². The van der Waals surface area contributed by atoms with Crippen LogP contribution in [0.4, 0.5) is 4.39 Å². The van der Waals surface area contributed by atoms with Gasteiger partial charge in [0.05, 0.1) is 18.3 Å². The van der Waals surface area contributed by atoms with E-state index in [1.807, 2.05) is 0 Å². The van der Waals surface area contributed by atoms with Gasteiger partial charge in [-0.1, -0.05) is 12.1 Å². The van der Waals surface area contributed by atoms with Gasteiger partial charge in [-0.05, 0) is 42.0 Å². The predicted octanol–water partition coefficient (Wildman–Crippen LogP) is 3.23. The van der Waals surface area contributed by atoms with E-state index in [4.69, 9.17) is 4.74 Å². The predicted molar refractivity (Wildman–Crippen MR) is 111 cm³/mol. The first-order valence-electron chi connectivity index (χ1n) is 8.88. The van der Waals surface area contributed by atoms with Crippen molar-refractivity contribution in [2.45, 2.75) is 6.54 Å². The Morgan fingerprint density at radius 3 is 2.57 bits per heavy atom. The van der Waals surface area contributed by atoms with E-state index in [1.165, 1.54) is 52.8 Å². The number of carbonyl (C=O) groups excluding carboxylic acids is 1. The molecule has 0 aliphatic heterocycles. The molecule has 30 heavy (non-hydrogen) atoms. The SMILES string of the molecule is COc1ccc(-n2c(=O)c(C(=O)NCc3ccc(F)cc3)c(O)c3ncsc32)cc1. The highest BCUT2D eigenvalue weighted by atomic mass is 32.1. The van der Waals surface area contributed by atoms with Crippen molar-refractivity contribution in [3.63, 3.8) is 0 Å². The first-order valence-corrected chi connectivity index (χ1v) is 9.76. The summed E-state index contributed by atoms with van der Waals surface area (Å²) in [7, 11) is 1.53. The number of nitrogens with one attached hydrogen (secondary N) is 1. The van der Waals surface area contributed by atoms with Gasteiger partial charge in [0, 0.05) is 6.54 Å². The Balaban J connectivity index is 1.76. The lowest BCUT2D eigenvalue weighted by Gasteiger charge is -2.12. The van der Waals surface area contributed by atoms with Crippen molar-refractivity contribution in [3.8, 4) is 17.2 Å². The maximum absolute atomic E-state index is 13.2. The first-order chi connectivity index (χ1) is 14.5. The monoisotopic (exact) mass is 425 g/mol. The Labute approximate surface area is 174 Å². The molecule has 1 amide bonds. The van der Waals surface area contributed by atoms with Gasteiger partial charge >= 0.3 is 0 Å². The average molecular weight is 425 g/mol. The molecule has 152 valence electrons. The molecule has 0 saturated heterocycles. The standard InChI is InChI=1S/C21H16FN3O4S/c1-29-15-8-6-14(7-9-15)25-20(28)16(18(26)17-21(25)30-11-24-17)19(27)23-10-12-2-4-13(22)5-3-12/h2-9,11,26H,10H2,1H3,(H,23,27). The van der Waals surface area contributed by atoms with Crippen molar-refractivity contribution in [3.05, 3.63) is 81.3 Å². The molecule has 0 unspecified atom stereocenters. The van der Waals surface area contributed by atoms with Crippen LogP contribution in [-0.2, 0) is 6.54 Å². The van der Waals surface area contributed by atoms with Crippen molar-refractivity contribution in [1.29, 1.82) is 0 Å². The zero-order valence-corrected chi connectivity index (χ0v) is 16.6. The zero-order chi connectivity index (χ0) is 21.3. The van der Waals surface area contributed by atoms with Gasteiger partial charge in [-0.15, -0.1) is 11.3 Å². The summed E-state index contributed by atoms with van der Waals surface area (Å²) in [4.78, 5) is 30.5. The molecular formula is C21H16FN3O4S. The normalized spacial score (nSPS) is 10.9. The number of fused-ring (bicyclic) bond motifs is 1. The van der Waals surface area contributed by atoms with Crippen molar-refractivity contribution < 1.29 is 19.0 Å². The molecule has 0 atom stereocenters. The fraction of sp³-hybridized carbons (Fsp3) is 0.0952. The number of rotatable bonds is 5. The number of pyridine rings is 1. The lowest BCUT2D eigenvalue weighted by Crippen LogP contribution is -2.32. The van der Waals surface area contributed by atoms with Gasteiger partial charge in [0.1, 0.15) is 27.5 Å². The summed E-state index contributed by atoms with van der Waals surface area (Å²) in [5, 5.41) is 13.2. The maximum atomic E-state index is 13.2. The molecule has 0 bridgehead atoms. The van der Waals surface area contributed by atoms with Gasteiger partial charge in [0.25, 0.3) is 11.5 Å². The van der Waals surface area contributed by atoms with Gasteiger partial charge in [0.15, 0.2) is 5.75 Å². The summed E-state index contributed by atoms with van der Waals surface area (Å²) in [5.41, 5.74) is 1.71. The number of aromatic nitrogens is 2. The molecule has 2 N–H and O–H groups in total. The molecule has 0 aliphatic rings. The highest BCUT2D eigenvalue weighted by Gasteiger charge is 2.24. The number of aromatic hydroxyl groups is 1. The summed E-state index contributed by atoms with van der Waals surface area (Å²) >= 11 is 1.17. The number of carbonyl (C=O) groups is 1. The van der Waals surface area contributed by atoms with E-state index in [2.05, 4.69) is 10.3 Å². The minimum absolute atomic E-state index is 0.0651. The molecule has 0 radical (unpaired) electrons. The molecule has 0 fully saturated rings. The van der Waals surface area contributed by atoms with Crippen LogP contribution in [0.5, 0.6) is 11.5 Å². The third-order valence-electron chi connectivity index (χ3n) is 4.55. The van der Waals surface area contributed by atoms with Crippen molar-refractivity contribution in [2.24, 2.45) is 0 Å². The lowest BCUT2D eigenvalue weighted by molar-refractivity contribution is 0.0946. The number of amides is 1. The number of halogens is 1. The number of nitrogens with zero attached hydrogens (tertiary/aromatic N) is 2. The van der Waals surface area contributed by atoms with E-state index in [0.29, 0.717) is 21.8 Å². The molecule has 4 rings (SSSR count). The van der Waals surface area contributed by atoms with Gasteiger partial charge in [-0.3, -0.25) is 14.2 Å². The van der Waals surface area contributed by atoms with E-state index >= 15 is 0 Å². The summed E-state index contributed by atoms with van der Waals surface area (Å²) in [6.07, 6.45) is 0. The van der Waals surface area contributed by atoms with Gasteiger partial charge in [0.2, 0.25) is 0 Å². The Morgan fingerprint density at radius 2 is 1.90 bits per heavy atom. The maximum Gasteiger partial charge on any atom is 0.273 e. The molecular weight excluding hydrogens is 409 g/mol. The van der Waals surface area contributed by atoms with E-state index in [-0.39, 0.29) is 17.9 Å². The first kappa shape index (κ1) is 19.6. The lowest BCUT2D eigenvalue weighted by atomic mass is 10.2. The fourth-order valence-electron chi connectivity index (χ4n) is 3.03. The highest BCUT2D eigenvalue weighted by Crippen LogP contribution is 2.30. The largest absolute Gasteiger partial charge is 0.505 e. The summed E-state index contributed by atoms with van der Waals surface area (Å²) < 4.78 is 19.5. The fourth-order valence-corrected chi connectivity index (χ4v) is 3.84. The molecule has 7 nitrogen and oxygen atoms in total. The molecule has 2 heterocycles. The van der Waals surface area contributed by atoms with E-state index in [0.717, 1.165) is 0 Å². The number of hydrogen-bond acceptors (Lipinski definition) is 6. The van der Waals surface area contributed by atoms with Crippen molar-refractivity contribution >= 4 is 27.6 Å². The van der Waals surface area contributed by atoms with Crippen LogP contribution in [0.15, 0.2) is 58.8 Å². The van der Waals surface area contributed by atoms with Crippen LogP contribution in [0.1, 0.15) is 15.9 Å². The quantitative estimate of drug-likeness (QED) is 0.512. The summed E-state index contributed by atoms with van der Waals surface area (Å²) in [6, 6.07) is 12.3. The number of thiazole rings is 1. The van der Waals surface area contributed by atoms with Crippen LogP contribution in [0.2, 0.25) is 0 Å². The molecule has 0 saturated carbocycles. The second-order valence-corrected chi connectivity index (χ2v) is 7.21. The molecule has 2 aromatic heterocycles. The number of ether oxygens (including phenoxy) is 1. The van der Waals surface area contributed by atoms with E-state index < -0.39 is 22.8 Å². The van der Waals surface area contributed by atoms with Crippen LogP contribution in [0.25, 0.3) is 16.0 Å². The Bertz CT molecular complexity index is 1280. The number of benzene rings is 2. The topological polar surface area (TPSA) is 93.5 Å². The summed E-state index contributed by atoms with van der Waals surface area (Å²) in [6.45, 7) is 0.0651. The molecule has 0 aliphatic carbocycles. The zero-order valence-electron chi connectivity index (χ0n) is 15.8. The Morgan fingerprint density at radius 1 is 1.20 bits per heavy atom. The minimum Gasteiger partial charge on any atom is -0.505 e. The average Bonchev–Trinajstić information content (AvgIpc) is 3.24. The second-order valence-electron chi connectivity index (χ2n) is 6.38.